The maximum Gasteiger partial charge on any atom is 0.315 e. The van der Waals surface area contributed by atoms with Crippen LogP contribution in [0.15, 0.2) is 0 Å². The molecule has 4 aliphatic rings. The van der Waals surface area contributed by atoms with Crippen LogP contribution in [0, 0.1) is 23.7 Å². The zero-order valence-corrected chi connectivity index (χ0v) is 12.8. The Kier molecular flexibility index (Phi) is 4.08. The van der Waals surface area contributed by atoms with Crippen molar-refractivity contribution in [2.75, 3.05) is 32.0 Å². The molecule has 4 bridgehead atoms. The number of nitrogens with zero attached hydrogens (tertiary/aromatic N) is 1. The van der Waals surface area contributed by atoms with Crippen molar-refractivity contribution in [3.8, 4) is 0 Å². The Balaban J connectivity index is 1.30. The van der Waals surface area contributed by atoms with Gasteiger partial charge in [0.05, 0.1) is 5.75 Å². The molecule has 4 saturated carbocycles. The van der Waals surface area contributed by atoms with Crippen LogP contribution in [0.3, 0.4) is 0 Å². The number of esters is 1. The minimum Gasteiger partial charge on any atom is -0.464 e. The monoisotopic (exact) mass is 283 g/mol. The van der Waals surface area contributed by atoms with E-state index in [0.29, 0.717) is 12.4 Å². The van der Waals surface area contributed by atoms with Gasteiger partial charge >= 0.3 is 5.97 Å². The van der Waals surface area contributed by atoms with Gasteiger partial charge in [0.15, 0.2) is 0 Å². The third-order valence-electron chi connectivity index (χ3n) is 5.35. The van der Waals surface area contributed by atoms with E-state index in [9.17, 15) is 4.79 Å². The summed E-state index contributed by atoms with van der Waals surface area (Å²) in [5.74, 6) is 4.53. The largest absolute Gasteiger partial charge is 0.464 e. The predicted octanol–water partition coefficient (Wildman–Crippen LogP) is 2.26. The van der Waals surface area contributed by atoms with E-state index >= 15 is 0 Å². The molecule has 0 aliphatic heterocycles. The quantitative estimate of drug-likeness (QED) is 0.639. The summed E-state index contributed by atoms with van der Waals surface area (Å²) in [7, 11) is 0. The van der Waals surface area contributed by atoms with Crippen LogP contribution < -0.4 is 0 Å². The first kappa shape index (κ1) is 13.7. The van der Waals surface area contributed by atoms with Gasteiger partial charge in [-0.1, -0.05) is 13.8 Å². The topological polar surface area (TPSA) is 29.5 Å². The minimum absolute atomic E-state index is 0.0153. The lowest BCUT2D eigenvalue weighted by molar-refractivity contribution is -0.140. The molecule has 0 aromatic carbocycles. The fraction of sp³-hybridized carbons (Fsp3) is 0.933. The van der Waals surface area contributed by atoms with Gasteiger partial charge in [0.1, 0.15) is 6.61 Å². The number of carbonyl (C=O) groups excluding carboxylic acids is 1. The summed E-state index contributed by atoms with van der Waals surface area (Å²) in [6, 6.07) is 0. The van der Waals surface area contributed by atoms with Crippen LogP contribution >= 0.6 is 11.8 Å². The van der Waals surface area contributed by atoms with E-state index in [1.807, 2.05) is 11.8 Å². The van der Waals surface area contributed by atoms with Crippen LogP contribution in [0.25, 0.3) is 0 Å². The lowest BCUT2D eigenvalue weighted by atomic mass is 10.1. The van der Waals surface area contributed by atoms with E-state index in [1.54, 1.807) is 0 Å². The van der Waals surface area contributed by atoms with Gasteiger partial charge in [0.2, 0.25) is 0 Å². The average Bonchev–Trinajstić information content (AvgIpc) is 2.80. The molecule has 4 fully saturated rings. The van der Waals surface area contributed by atoms with Crippen LogP contribution in [0.5, 0.6) is 0 Å². The molecule has 0 heterocycles. The van der Waals surface area contributed by atoms with Crippen molar-refractivity contribution in [1.29, 1.82) is 0 Å². The van der Waals surface area contributed by atoms with Gasteiger partial charge in [-0.05, 0) is 49.6 Å². The van der Waals surface area contributed by atoms with Crippen molar-refractivity contribution >= 4 is 17.7 Å². The summed E-state index contributed by atoms with van der Waals surface area (Å²) >= 11 is 1.87. The molecule has 4 aliphatic carbocycles. The average molecular weight is 283 g/mol. The number of hydrogen-bond donors (Lipinski definition) is 0. The van der Waals surface area contributed by atoms with Gasteiger partial charge in [0, 0.05) is 11.8 Å². The molecule has 0 amide bonds. The third-order valence-corrected chi connectivity index (χ3v) is 6.84. The Morgan fingerprint density at radius 2 is 1.95 bits per heavy atom. The SMILES string of the molecule is CCN(CC)CCOC(=O)CS[C@H]1C2C[C@H]3C1[C@@H]3C2. The molecule has 3 atom stereocenters. The van der Waals surface area contributed by atoms with Crippen LogP contribution in [-0.4, -0.2) is 48.1 Å². The summed E-state index contributed by atoms with van der Waals surface area (Å²) in [5.41, 5.74) is 0. The molecular formula is C15H25NO2S. The molecular weight excluding hydrogens is 258 g/mol. The Hall–Kier alpha value is -0.220. The summed E-state index contributed by atoms with van der Waals surface area (Å²) in [6.45, 7) is 7.73. The van der Waals surface area contributed by atoms with E-state index in [4.69, 9.17) is 4.74 Å². The van der Waals surface area contributed by atoms with Gasteiger partial charge in [-0.2, -0.15) is 0 Å². The second-order valence-corrected chi connectivity index (χ2v) is 7.33. The second-order valence-electron chi connectivity index (χ2n) is 6.16. The van der Waals surface area contributed by atoms with Gasteiger partial charge < -0.3 is 9.64 Å². The van der Waals surface area contributed by atoms with E-state index in [-0.39, 0.29) is 5.97 Å². The standard InChI is InChI=1S/C15H25NO2S/c1-3-16(4-2)5-6-18-13(17)9-19-15-10-7-11-12(8-10)14(11)15/h10-12,14-15H,3-9H2,1-2H3/t10?,11-,12-,14?,15+/m1/s1. The lowest BCUT2D eigenvalue weighted by Gasteiger charge is -2.18. The molecule has 3 nitrogen and oxygen atoms in total. The van der Waals surface area contributed by atoms with Crippen molar-refractivity contribution in [1.82, 2.24) is 4.90 Å². The van der Waals surface area contributed by atoms with Crippen molar-refractivity contribution in [3.63, 3.8) is 0 Å². The molecule has 4 rings (SSSR count). The molecule has 108 valence electrons. The maximum absolute atomic E-state index is 11.7. The van der Waals surface area contributed by atoms with Crippen LogP contribution in [0.4, 0.5) is 0 Å². The zero-order chi connectivity index (χ0) is 13.4. The van der Waals surface area contributed by atoms with Gasteiger partial charge in [-0.3, -0.25) is 4.79 Å². The fourth-order valence-corrected chi connectivity index (χ4v) is 5.82. The Bertz CT molecular complexity index is 331. The van der Waals surface area contributed by atoms with Crippen LogP contribution in [0.2, 0.25) is 0 Å². The number of hydrogen-bond acceptors (Lipinski definition) is 4. The summed E-state index contributed by atoms with van der Waals surface area (Å²) < 4.78 is 5.33. The molecule has 0 aromatic rings. The summed E-state index contributed by atoms with van der Waals surface area (Å²) in [4.78, 5) is 14.0. The van der Waals surface area contributed by atoms with Gasteiger partial charge in [-0.25, -0.2) is 0 Å². The van der Waals surface area contributed by atoms with Crippen molar-refractivity contribution in [3.05, 3.63) is 0 Å². The molecule has 4 heteroatoms. The third kappa shape index (κ3) is 2.66. The molecule has 19 heavy (non-hydrogen) atoms. The van der Waals surface area contributed by atoms with Gasteiger partial charge in [-0.15, -0.1) is 11.8 Å². The van der Waals surface area contributed by atoms with Crippen LogP contribution in [0.1, 0.15) is 26.7 Å². The normalized spacial score (nSPS) is 37.9. The van der Waals surface area contributed by atoms with Crippen molar-refractivity contribution in [2.45, 2.75) is 31.9 Å². The first-order valence-electron chi connectivity index (χ1n) is 7.74. The second kappa shape index (κ2) is 5.65. The predicted molar refractivity (Wildman–Crippen MR) is 78.2 cm³/mol. The highest BCUT2D eigenvalue weighted by atomic mass is 32.2. The molecule has 0 unspecified atom stereocenters. The smallest absolute Gasteiger partial charge is 0.315 e. The maximum atomic E-state index is 11.7. The Morgan fingerprint density at radius 3 is 2.47 bits per heavy atom. The number of rotatable bonds is 8. The first-order valence-corrected chi connectivity index (χ1v) is 8.79. The Labute approximate surface area is 120 Å². The van der Waals surface area contributed by atoms with E-state index < -0.39 is 0 Å². The van der Waals surface area contributed by atoms with Crippen molar-refractivity contribution < 1.29 is 9.53 Å². The number of thioether (sulfide) groups is 1. The van der Waals surface area contributed by atoms with E-state index in [1.165, 1.54) is 12.8 Å². The highest BCUT2D eigenvalue weighted by molar-refractivity contribution is 8.00. The molecule has 0 aromatic heterocycles. The zero-order valence-electron chi connectivity index (χ0n) is 12.0. The molecule has 0 saturated heterocycles. The van der Waals surface area contributed by atoms with E-state index in [2.05, 4.69) is 18.7 Å². The molecule has 0 N–H and O–H groups in total. The number of carbonyl (C=O) groups is 1. The van der Waals surface area contributed by atoms with Gasteiger partial charge in [0.25, 0.3) is 0 Å². The number of ether oxygens (including phenoxy) is 1. The number of likely N-dealkylation sites (N-methyl/N-ethyl adjacent to an activating group) is 1. The van der Waals surface area contributed by atoms with Crippen molar-refractivity contribution in [2.24, 2.45) is 23.7 Å². The minimum atomic E-state index is -0.0153. The summed E-state index contributed by atoms with van der Waals surface area (Å²) in [6.07, 6.45) is 2.90. The highest BCUT2D eigenvalue weighted by Gasteiger charge is 2.68. The van der Waals surface area contributed by atoms with Crippen LogP contribution in [-0.2, 0) is 9.53 Å². The summed E-state index contributed by atoms with van der Waals surface area (Å²) in [5, 5.41) is 0.783. The first-order chi connectivity index (χ1) is 9.24. The fourth-order valence-electron chi connectivity index (χ4n) is 4.29. The molecule has 0 radical (unpaired) electrons. The van der Waals surface area contributed by atoms with E-state index in [0.717, 1.165) is 48.6 Å². The molecule has 0 spiro atoms. The Morgan fingerprint density at radius 1 is 1.26 bits per heavy atom. The lowest BCUT2D eigenvalue weighted by Crippen LogP contribution is -2.28. The highest BCUT2D eigenvalue weighted by Crippen LogP contribution is 2.73.